The van der Waals surface area contributed by atoms with Crippen molar-refractivity contribution in [1.82, 2.24) is 19.8 Å². The van der Waals surface area contributed by atoms with E-state index in [-0.39, 0.29) is 24.5 Å². The predicted molar refractivity (Wildman–Crippen MR) is 105 cm³/mol. The Bertz CT molecular complexity index is 985. The van der Waals surface area contributed by atoms with Gasteiger partial charge < -0.3 is 19.5 Å². The largest absolute Gasteiger partial charge is 0.378 e. The third kappa shape index (κ3) is 3.75. The molecule has 1 saturated heterocycles. The number of H-pyrrole nitrogens is 1. The third-order valence-electron chi connectivity index (χ3n) is 5.05. The lowest BCUT2D eigenvalue weighted by Crippen LogP contribution is -2.39. The van der Waals surface area contributed by atoms with E-state index in [0.717, 1.165) is 16.5 Å². The third-order valence-corrected chi connectivity index (χ3v) is 5.05. The van der Waals surface area contributed by atoms with Crippen LogP contribution in [0, 0.1) is 0 Å². The zero-order valence-electron chi connectivity index (χ0n) is 15.7. The summed E-state index contributed by atoms with van der Waals surface area (Å²) in [4.78, 5) is 36.4. The van der Waals surface area contributed by atoms with Gasteiger partial charge in [0.05, 0.1) is 6.10 Å². The number of benzene rings is 1. The molecule has 4 rings (SSSR count). The summed E-state index contributed by atoms with van der Waals surface area (Å²) >= 11 is 0. The quantitative estimate of drug-likeness (QED) is 0.754. The second kappa shape index (κ2) is 7.82. The Labute approximate surface area is 162 Å². The zero-order valence-corrected chi connectivity index (χ0v) is 15.7. The van der Waals surface area contributed by atoms with E-state index in [1.807, 2.05) is 36.5 Å². The highest BCUT2D eigenvalue weighted by atomic mass is 16.5. The van der Waals surface area contributed by atoms with E-state index in [0.29, 0.717) is 25.2 Å². The van der Waals surface area contributed by atoms with Crippen LogP contribution in [0.5, 0.6) is 0 Å². The molecule has 2 amide bonds. The monoisotopic (exact) mass is 378 g/mol. The van der Waals surface area contributed by atoms with E-state index in [2.05, 4.69) is 9.97 Å². The topological polar surface area (TPSA) is 78.5 Å². The van der Waals surface area contributed by atoms with Crippen LogP contribution in [0.3, 0.4) is 0 Å². The van der Waals surface area contributed by atoms with E-state index in [9.17, 15) is 9.59 Å². The molecular formula is C21H22N4O3. The number of pyridine rings is 1. The van der Waals surface area contributed by atoms with Crippen LogP contribution in [0.2, 0.25) is 0 Å². The van der Waals surface area contributed by atoms with Crippen LogP contribution < -0.4 is 0 Å². The summed E-state index contributed by atoms with van der Waals surface area (Å²) in [5.41, 5.74) is 2.40. The minimum atomic E-state index is -0.249. The van der Waals surface area contributed by atoms with Gasteiger partial charge in [-0.25, -0.2) is 0 Å². The molecule has 1 aliphatic heterocycles. The first-order valence-corrected chi connectivity index (χ1v) is 9.20. The normalized spacial score (nSPS) is 17.8. The molecular weight excluding hydrogens is 356 g/mol. The number of amides is 2. The molecule has 1 atom stereocenters. The molecule has 0 saturated carbocycles. The number of rotatable bonds is 4. The molecule has 1 aromatic carbocycles. The Morgan fingerprint density at radius 1 is 1.29 bits per heavy atom. The van der Waals surface area contributed by atoms with E-state index in [4.69, 9.17) is 4.74 Å². The molecule has 3 heterocycles. The van der Waals surface area contributed by atoms with Crippen molar-refractivity contribution in [3.8, 4) is 0 Å². The van der Waals surface area contributed by atoms with Crippen molar-refractivity contribution in [3.05, 3.63) is 66.1 Å². The van der Waals surface area contributed by atoms with Crippen molar-refractivity contribution < 1.29 is 14.3 Å². The Balaban J connectivity index is 1.54. The highest BCUT2D eigenvalue weighted by molar-refractivity contribution is 5.99. The van der Waals surface area contributed by atoms with Gasteiger partial charge in [0.1, 0.15) is 6.54 Å². The van der Waals surface area contributed by atoms with Crippen LogP contribution in [0.15, 0.2) is 55.0 Å². The molecule has 1 fully saturated rings. The maximum atomic E-state index is 13.1. The van der Waals surface area contributed by atoms with Crippen LogP contribution in [0.25, 0.3) is 10.9 Å². The lowest BCUT2D eigenvalue weighted by molar-refractivity contribution is -0.132. The van der Waals surface area contributed by atoms with E-state index in [1.54, 1.807) is 35.4 Å². The van der Waals surface area contributed by atoms with Crippen molar-refractivity contribution >= 4 is 22.7 Å². The highest BCUT2D eigenvalue weighted by Crippen LogP contribution is 2.18. The number of carbonyl (C=O) groups is 2. The highest BCUT2D eigenvalue weighted by Gasteiger charge is 2.31. The average molecular weight is 378 g/mol. The van der Waals surface area contributed by atoms with E-state index in [1.165, 1.54) is 0 Å². The van der Waals surface area contributed by atoms with Gasteiger partial charge in [-0.1, -0.05) is 12.1 Å². The molecule has 1 aliphatic rings. The van der Waals surface area contributed by atoms with Gasteiger partial charge in [-0.2, -0.15) is 0 Å². The molecule has 1 unspecified atom stereocenters. The molecule has 0 bridgehead atoms. The maximum absolute atomic E-state index is 13.1. The standard InChI is InChI=1S/C21H22N4O3/c1-28-18-12-24(11-15-3-2-7-22-10-15)20(26)14-25(13-18)21(27)17-5-4-16-6-8-23-19(16)9-17/h2-10,18,23H,11-14H2,1H3. The fourth-order valence-corrected chi connectivity index (χ4v) is 3.51. The van der Waals surface area contributed by atoms with Gasteiger partial charge in [-0.3, -0.25) is 14.6 Å². The van der Waals surface area contributed by atoms with Crippen LogP contribution in [0.4, 0.5) is 0 Å². The average Bonchev–Trinajstić information content (AvgIpc) is 3.13. The number of hydrogen-bond donors (Lipinski definition) is 1. The smallest absolute Gasteiger partial charge is 0.254 e. The molecule has 7 nitrogen and oxygen atoms in total. The molecule has 0 aliphatic carbocycles. The number of ether oxygens (including phenoxy) is 1. The molecule has 7 heteroatoms. The molecule has 0 spiro atoms. The molecule has 0 radical (unpaired) electrons. The van der Waals surface area contributed by atoms with Gasteiger partial charge in [-0.05, 0) is 35.2 Å². The van der Waals surface area contributed by atoms with Gasteiger partial charge in [0, 0.05) is 56.4 Å². The zero-order chi connectivity index (χ0) is 19.5. The lowest BCUT2D eigenvalue weighted by Gasteiger charge is -2.23. The molecule has 144 valence electrons. The van der Waals surface area contributed by atoms with Gasteiger partial charge in [0.15, 0.2) is 0 Å². The van der Waals surface area contributed by atoms with Gasteiger partial charge in [0.25, 0.3) is 5.91 Å². The summed E-state index contributed by atoms with van der Waals surface area (Å²) in [7, 11) is 1.61. The van der Waals surface area contributed by atoms with E-state index >= 15 is 0 Å². The van der Waals surface area contributed by atoms with Crippen molar-refractivity contribution in [2.75, 3.05) is 26.7 Å². The fraction of sp³-hybridized carbons (Fsp3) is 0.286. The van der Waals surface area contributed by atoms with Gasteiger partial charge in [0.2, 0.25) is 5.91 Å². The van der Waals surface area contributed by atoms with E-state index < -0.39 is 0 Å². The van der Waals surface area contributed by atoms with Gasteiger partial charge >= 0.3 is 0 Å². The minimum absolute atomic E-state index is 0.0295. The Hall–Kier alpha value is -3.19. The fourth-order valence-electron chi connectivity index (χ4n) is 3.51. The minimum Gasteiger partial charge on any atom is -0.378 e. The van der Waals surface area contributed by atoms with Crippen LogP contribution >= 0.6 is 0 Å². The molecule has 1 N–H and O–H groups in total. The number of nitrogens with zero attached hydrogens (tertiary/aromatic N) is 3. The Kier molecular flexibility index (Phi) is 5.08. The molecule has 28 heavy (non-hydrogen) atoms. The van der Waals surface area contributed by atoms with Crippen LogP contribution in [-0.2, 0) is 16.1 Å². The number of carbonyl (C=O) groups excluding carboxylic acids is 2. The van der Waals surface area contributed by atoms with Crippen LogP contribution in [0.1, 0.15) is 15.9 Å². The summed E-state index contributed by atoms with van der Waals surface area (Å²) < 4.78 is 5.55. The summed E-state index contributed by atoms with van der Waals surface area (Å²) in [5, 5.41) is 1.04. The lowest BCUT2D eigenvalue weighted by atomic mass is 10.1. The summed E-state index contributed by atoms with van der Waals surface area (Å²) in [5.74, 6) is -0.271. The number of methoxy groups -OCH3 is 1. The van der Waals surface area contributed by atoms with Crippen molar-refractivity contribution in [2.45, 2.75) is 12.6 Å². The maximum Gasteiger partial charge on any atom is 0.254 e. The number of fused-ring (bicyclic) bond motifs is 1. The van der Waals surface area contributed by atoms with Crippen molar-refractivity contribution in [3.63, 3.8) is 0 Å². The second-order valence-electron chi connectivity index (χ2n) is 6.96. The van der Waals surface area contributed by atoms with Crippen LogP contribution in [-0.4, -0.2) is 64.4 Å². The SMILES string of the molecule is COC1CN(Cc2cccnc2)C(=O)CN(C(=O)c2ccc3cc[nH]c3c2)C1. The number of nitrogens with one attached hydrogen (secondary N) is 1. The summed E-state index contributed by atoms with van der Waals surface area (Å²) in [6.07, 6.45) is 5.04. The predicted octanol–water partition coefficient (Wildman–Crippen LogP) is 2.06. The first-order chi connectivity index (χ1) is 13.6. The second-order valence-corrected chi connectivity index (χ2v) is 6.96. The summed E-state index contributed by atoms with van der Waals surface area (Å²) in [6, 6.07) is 11.3. The Morgan fingerprint density at radius 2 is 2.18 bits per heavy atom. The Morgan fingerprint density at radius 3 is 2.96 bits per heavy atom. The molecule has 3 aromatic rings. The summed E-state index contributed by atoms with van der Waals surface area (Å²) in [6.45, 7) is 1.28. The first-order valence-electron chi connectivity index (χ1n) is 9.20. The van der Waals surface area contributed by atoms with Crippen molar-refractivity contribution in [1.29, 1.82) is 0 Å². The van der Waals surface area contributed by atoms with Gasteiger partial charge in [-0.15, -0.1) is 0 Å². The number of aromatic nitrogens is 2. The van der Waals surface area contributed by atoms with Crippen molar-refractivity contribution in [2.24, 2.45) is 0 Å². The molecule has 2 aromatic heterocycles. The number of aromatic amines is 1. The first kappa shape index (κ1) is 18.2. The number of hydrogen-bond acceptors (Lipinski definition) is 4.